The molecule has 1 aliphatic carbocycles. The van der Waals surface area contributed by atoms with Crippen molar-refractivity contribution in [1.29, 1.82) is 0 Å². The lowest BCUT2D eigenvalue weighted by Gasteiger charge is -2.22. The van der Waals surface area contributed by atoms with Crippen LogP contribution in [0.15, 0.2) is 29.3 Å². The molecule has 4 heteroatoms. The van der Waals surface area contributed by atoms with Crippen molar-refractivity contribution in [1.82, 2.24) is 10.3 Å². The van der Waals surface area contributed by atoms with Gasteiger partial charge < -0.3 is 4.90 Å². The molecule has 0 amide bonds. The zero-order valence-corrected chi connectivity index (χ0v) is 11.9. The first-order valence-electron chi connectivity index (χ1n) is 7.00. The molecular formula is C15H24N4. The first-order valence-corrected chi connectivity index (χ1v) is 7.00. The van der Waals surface area contributed by atoms with Gasteiger partial charge in [0.25, 0.3) is 0 Å². The van der Waals surface area contributed by atoms with E-state index in [1.54, 1.807) is 0 Å². The second-order valence-electron chi connectivity index (χ2n) is 5.38. The van der Waals surface area contributed by atoms with Gasteiger partial charge in [0.05, 0.1) is 6.04 Å². The van der Waals surface area contributed by atoms with Gasteiger partial charge in [-0.1, -0.05) is 42.7 Å². The second-order valence-corrected chi connectivity index (χ2v) is 5.38. The second kappa shape index (κ2) is 6.57. The van der Waals surface area contributed by atoms with Gasteiger partial charge in [-0.05, 0) is 25.3 Å². The number of nitrogens with zero attached hydrogens (tertiary/aromatic N) is 2. The maximum atomic E-state index is 5.61. The molecule has 0 unspecified atom stereocenters. The lowest BCUT2D eigenvalue weighted by Crippen LogP contribution is -2.43. The smallest absolute Gasteiger partial charge is 0.208 e. The van der Waals surface area contributed by atoms with Gasteiger partial charge >= 0.3 is 0 Å². The molecular weight excluding hydrogens is 236 g/mol. The third kappa shape index (κ3) is 3.96. The fourth-order valence-electron chi connectivity index (χ4n) is 2.49. The highest BCUT2D eigenvalue weighted by molar-refractivity contribution is 5.79. The number of nitrogens with two attached hydrogens (primary N) is 1. The van der Waals surface area contributed by atoms with Crippen molar-refractivity contribution >= 4 is 5.96 Å². The number of guanidine groups is 1. The van der Waals surface area contributed by atoms with Crippen LogP contribution in [0.25, 0.3) is 0 Å². The Balaban J connectivity index is 1.99. The Morgan fingerprint density at radius 2 is 1.95 bits per heavy atom. The van der Waals surface area contributed by atoms with Crippen molar-refractivity contribution < 1.29 is 0 Å². The molecule has 3 N–H and O–H groups in total. The molecule has 0 aromatic heterocycles. The summed E-state index contributed by atoms with van der Waals surface area (Å²) in [6, 6.07) is 9.00. The van der Waals surface area contributed by atoms with E-state index in [2.05, 4.69) is 41.5 Å². The SMILES string of the molecule is Cc1ccc(CN(C)C(=NC2CCCC2)NN)cc1. The third-order valence-corrected chi connectivity index (χ3v) is 3.66. The molecule has 0 atom stereocenters. The topological polar surface area (TPSA) is 53.6 Å². The highest BCUT2D eigenvalue weighted by Crippen LogP contribution is 2.21. The number of hydrogen-bond donors (Lipinski definition) is 2. The number of hydrogen-bond acceptors (Lipinski definition) is 2. The van der Waals surface area contributed by atoms with E-state index in [1.807, 2.05) is 7.05 Å². The normalized spacial score (nSPS) is 16.7. The van der Waals surface area contributed by atoms with Crippen molar-refractivity contribution in [2.75, 3.05) is 7.05 Å². The predicted molar refractivity (Wildman–Crippen MR) is 79.7 cm³/mol. The van der Waals surface area contributed by atoms with Gasteiger partial charge in [0.2, 0.25) is 5.96 Å². The van der Waals surface area contributed by atoms with E-state index in [9.17, 15) is 0 Å². The first kappa shape index (κ1) is 13.9. The first-order chi connectivity index (χ1) is 9.19. The summed E-state index contributed by atoms with van der Waals surface area (Å²) in [5.74, 6) is 6.39. The summed E-state index contributed by atoms with van der Waals surface area (Å²) in [5.41, 5.74) is 5.28. The molecule has 2 rings (SSSR count). The highest BCUT2D eigenvalue weighted by atomic mass is 15.4. The number of aliphatic imine (C=N–C) groups is 1. The molecule has 1 saturated carbocycles. The molecule has 0 bridgehead atoms. The van der Waals surface area contributed by atoms with Crippen LogP contribution in [0.3, 0.4) is 0 Å². The van der Waals surface area contributed by atoms with Crippen LogP contribution in [0.1, 0.15) is 36.8 Å². The van der Waals surface area contributed by atoms with E-state index in [-0.39, 0.29) is 0 Å². The number of aryl methyl sites for hydroxylation is 1. The number of rotatable bonds is 3. The lowest BCUT2D eigenvalue weighted by atomic mass is 10.1. The molecule has 1 aromatic rings. The standard InChI is InChI=1S/C15H24N4/c1-12-7-9-13(10-8-12)11-19(2)15(18-16)17-14-5-3-4-6-14/h7-10,14H,3-6,11,16H2,1-2H3,(H,17,18). The largest absolute Gasteiger partial charge is 0.341 e. The molecule has 0 heterocycles. The molecule has 0 radical (unpaired) electrons. The summed E-state index contributed by atoms with van der Waals surface area (Å²) in [6.45, 7) is 2.91. The van der Waals surface area contributed by atoms with Gasteiger partial charge in [-0.2, -0.15) is 0 Å². The fourth-order valence-corrected chi connectivity index (χ4v) is 2.49. The highest BCUT2D eigenvalue weighted by Gasteiger charge is 2.16. The third-order valence-electron chi connectivity index (χ3n) is 3.66. The monoisotopic (exact) mass is 260 g/mol. The van der Waals surface area contributed by atoms with Crippen LogP contribution in [-0.2, 0) is 6.54 Å². The van der Waals surface area contributed by atoms with E-state index in [4.69, 9.17) is 10.8 Å². The van der Waals surface area contributed by atoms with E-state index < -0.39 is 0 Å². The van der Waals surface area contributed by atoms with Crippen molar-refractivity contribution in [2.45, 2.75) is 45.2 Å². The summed E-state index contributed by atoms with van der Waals surface area (Å²) >= 11 is 0. The maximum absolute atomic E-state index is 5.61. The summed E-state index contributed by atoms with van der Waals surface area (Å²) in [6.07, 6.45) is 4.94. The minimum absolute atomic E-state index is 0.437. The van der Waals surface area contributed by atoms with Gasteiger partial charge in [0.1, 0.15) is 0 Å². The minimum Gasteiger partial charge on any atom is -0.341 e. The molecule has 0 spiro atoms. The van der Waals surface area contributed by atoms with E-state index in [0.29, 0.717) is 6.04 Å². The Labute approximate surface area is 115 Å². The van der Waals surface area contributed by atoms with Crippen molar-refractivity contribution in [3.8, 4) is 0 Å². The van der Waals surface area contributed by atoms with Crippen LogP contribution in [-0.4, -0.2) is 23.9 Å². The Morgan fingerprint density at radius 1 is 1.32 bits per heavy atom. The van der Waals surface area contributed by atoms with Crippen LogP contribution < -0.4 is 11.3 Å². The molecule has 1 aromatic carbocycles. The molecule has 0 saturated heterocycles. The molecule has 1 fully saturated rings. The van der Waals surface area contributed by atoms with Gasteiger partial charge in [0, 0.05) is 13.6 Å². The summed E-state index contributed by atoms with van der Waals surface area (Å²) in [5, 5.41) is 0. The minimum atomic E-state index is 0.437. The molecule has 1 aliphatic rings. The Hall–Kier alpha value is -1.55. The Bertz CT molecular complexity index is 418. The zero-order valence-electron chi connectivity index (χ0n) is 11.9. The van der Waals surface area contributed by atoms with Crippen LogP contribution in [0.2, 0.25) is 0 Å². The van der Waals surface area contributed by atoms with Gasteiger partial charge in [-0.25, -0.2) is 10.8 Å². The lowest BCUT2D eigenvalue weighted by molar-refractivity contribution is 0.471. The average Bonchev–Trinajstić information content (AvgIpc) is 2.91. The molecule has 4 nitrogen and oxygen atoms in total. The summed E-state index contributed by atoms with van der Waals surface area (Å²) in [4.78, 5) is 6.79. The fraction of sp³-hybridized carbons (Fsp3) is 0.533. The number of benzene rings is 1. The Morgan fingerprint density at radius 3 is 2.53 bits per heavy atom. The molecule has 19 heavy (non-hydrogen) atoms. The van der Waals surface area contributed by atoms with Crippen molar-refractivity contribution in [3.05, 3.63) is 35.4 Å². The van der Waals surface area contributed by atoms with Crippen LogP contribution in [0.4, 0.5) is 0 Å². The van der Waals surface area contributed by atoms with Gasteiger partial charge in [-0.15, -0.1) is 0 Å². The average molecular weight is 260 g/mol. The van der Waals surface area contributed by atoms with Crippen LogP contribution >= 0.6 is 0 Å². The van der Waals surface area contributed by atoms with Gasteiger partial charge in [-0.3, -0.25) is 5.43 Å². The quantitative estimate of drug-likeness (QED) is 0.379. The number of nitrogens with one attached hydrogen (secondary N) is 1. The summed E-state index contributed by atoms with van der Waals surface area (Å²) < 4.78 is 0. The molecule has 104 valence electrons. The predicted octanol–water partition coefficient (Wildman–Crippen LogP) is 2.19. The number of hydrazine groups is 1. The van der Waals surface area contributed by atoms with Crippen LogP contribution in [0.5, 0.6) is 0 Å². The Kier molecular flexibility index (Phi) is 4.80. The van der Waals surface area contributed by atoms with Crippen molar-refractivity contribution in [2.24, 2.45) is 10.8 Å². The van der Waals surface area contributed by atoms with Crippen LogP contribution in [0, 0.1) is 6.92 Å². The maximum Gasteiger partial charge on any atom is 0.208 e. The molecule has 0 aliphatic heterocycles. The van der Waals surface area contributed by atoms with Crippen molar-refractivity contribution in [3.63, 3.8) is 0 Å². The summed E-state index contributed by atoms with van der Waals surface area (Å²) in [7, 11) is 2.02. The van der Waals surface area contributed by atoms with E-state index in [0.717, 1.165) is 12.5 Å². The van der Waals surface area contributed by atoms with Gasteiger partial charge in [0.15, 0.2) is 0 Å². The zero-order chi connectivity index (χ0) is 13.7. The van der Waals surface area contributed by atoms with E-state index in [1.165, 1.54) is 36.8 Å². The van der Waals surface area contributed by atoms with E-state index >= 15 is 0 Å².